The van der Waals surface area contributed by atoms with Gasteiger partial charge in [0.2, 0.25) is 0 Å². The number of nitrogens with zero attached hydrogens (tertiary/aromatic N) is 1. The largest absolute Gasteiger partial charge is 0.512 e. The van der Waals surface area contributed by atoms with Crippen LogP contribution in [0.3, 0.4) is 0 Å². The van der Waals surface area contributed by atoms with Gasteiger partial charge in [-0.25, -0.2) is 8.42 Å². The summed E-state index contributed by atoms with van der Waals surface area (Å²) < 4.78 is 33.0. The maximum atomic E-state index is 12.6. The quantitative estimate of drug-likeness (QED) is 0.579. The number of H-pyrrole nitrogens is 1. The van der Waals surface area contributed by atoms with Crippen LogP contribution in [0.2, 0.25) is 0 Å². The van der Waals surface area contributed by atoms with Gasteiger partial charge in [-0.15, -0.1) is 0 Å². The van der Waals surface area contributed by atoms with Gasteiger partial charge in [-0.05, 0) is 67.9 Å². The number of benzene rings is 1. The summed E-state index contributed by atoms with van der Waals surface area (Å²) in [4.78, 5) is 15.8. The molecule has 1 aromatic carbocycles. The number of aliphatic hydroxyl groups excluding tert-OH is 1. The molecule has 2 fully saturated rings. The molecule has 4 aliphatic rings. The third-order valence-corrected chi connectivity index (χ3v) is 9.04. The molecule has 0 spiro atoms. The predicted molar refractivity (Wildman–Crippen MR) is 130 cm³/mol. The first kappa shape index (κ1) is 21.5. The van der Waals surface area contributed by atoms with E-state index in [1.165, 1.54) is 16.4 Å². The van der Waals surface area contributed by atoms with Crippen LogP contribution >= 0.6 is 0 Å². The Morgan fingerprint density at radius 2 is 1.94 bits per heavy atom. The molecule has 2 aromatic heterocycles. The van der Waals surface area contributed by atoms with Gasteiger partial charge in [-0.1, -0.05) is 0 Å². The van der Waals surface area contributed by atoms with Gasteiger partial charge >= 0.3 is 0 Å². The topological polar surface area (TPSA) is 101 Å². The van der Waals surface area contributed by atoms with Gasteiger partial charge in [0.25, 0.3) is 5.56 Å². The average Bonchev–Trinajstić information content (AvgIpc) is 3.16. The van der Waals surface area contributed by atoms with E-state index in [9.17, 15) is 18.3 Å². The second-order valence-corrected chi connectivity index (χ2v) is 12.3. The molecule has 3 aromatic rings. The molecule has 2 N–H and O–H groups in total. The van der Waals surface area contributed by atoms with Crippen LogP contribution in [-0.2, 0) is 16.9 Å². The van der Waals surface area contributed by atoms with Crippen LogP contribution in [-0.4, -0.2) is 35.4 Å². The first-order valence-electron chi connectivity index (χ1n) is 11.8. The summed E-state index contributed by atoms with van der Waals surface area (Å²) in [6.45, 7) is 0. The Labute approximate surface area is 198 Å². The molecule has 2 saturated carbocycles. The summed E-state index contributed by atoms with van der Waals surface area (Å²) in [5.74, 6) is 2.32. The summed E-state index contributed by atoms with van der Waals surface area (Å²) in [6.07, 6.45) is 9.33. The molecular formula is C26H28N2O5S. The lowest BCUT2D eigenvalue weighted by Crippen LogP contribution is -2.29. The second-order valence-electron chi connectivity index (χ2n) is 10.2. The Balaban J connectivity index is 1.48. The van der Waals surface area contributed by atoms with E-state index in [0.717, 1.165) is 43.1 Å². The highest BCUT2D eigenvalue weighted by molar-refractivity contribution is 7.90. The molecule has 4 aliphatic carbocycles. The number of fused-ring (bicyclic) bond motifs is 2. The normalized spacial score (nSPS) is 26.3. The lowest BCUT2D eigenvalue weighted by atomic mass is 9.73. The Morgan fingerprint density at radius 1 is 1.12 bits per heavy atom. The third-order valence-electron chi connectivity index (χ3n) is 7.93. The highest BCUT2D eigenvalue weighted by Gasteiger charge is 2.44. The van der Waals surface area contributed by atoms with Crippen molar-refractivity contribution in [3.63, 3.8) is 0 Å². The lowest BCUT2D eigenvalue weighted by Gasteiger charge is -2.34. The molecule has 0 radical (unpaired) electrons. The number of aryl methyl sites for hydroxylation is 1. The minimum absolute atomic E-state index is 0.00215. The maximum Gasteiger partial charge on any atom is 0.274 e. The fraction of sp³-hybridized carbons (Fsp3) is 0.423. The number of aromatic nitrogens is 2. The summed E-state index contributed by atoms with van der Waals surface area (Å²) >= 11 is 0. The van der Waals surface area contributed by atoms with E-state index >= 15 is 0 Å². The number of hydrogen-bond acceptors (Lipinski definition) is 5. The minimum atomic E-state index is -3.43. The van der Waals surface area contributed by atoms with Crippen LogP contribution in [0, 0.1) is 17.8 Å². The summed E-state index contributed by atoms with van der Waals surface area (Å²) in [6, 6.07) is 6.84. The van der Waals surface area contributed by atoms with Crippen LogP contribution < -0.4 is 10.3 Å². The van der Waals surface area contributed by atoms with Crippen molar-refractivity contribution in [3.8, 4) is 16.9 Å². The third kappa shape index (κ3) is 3.38. The molecular weight excluding hydrogens is 452 g/mol. The minimum Gasteiger partial charge on any atom is -0.512 e. The molecule has 0 saturated heterocycles. The van der Waals surface area contributed by atoms with Crippen molar-refractivity contribution in [2.24, 2.45) is 24.8 Å². The fourth-order valence-corrected chi connectivity index (χ4v) is 6.98. The fourth-order valence-electron chi connectivity index (χ4n) is 6.33. The summed E-state index contributed by atoms with van der Waals surface area (Å²) in [5, 5.41) is 11.2. The molecule has 0 amide bonds. The molecule has 178 valence electrons. The van der Waals surface area contributed by atoms with Crippen LogP contribution in [0.15, 0.2) is 57.7 Å². The van der Waals surface area contributed by atoms with Gasteiger partial charge in [0.05, 0.1) is 10.7 Å². The van der Waals surface area contributed by atoms with Crippen molar-refractivity contribution in [3.05, 3.63) is 58.3 Å². The van der Waals surface area contributed by atoms with E-state index in [1.54, 1.807) is 37.6 Å². The Bertz CT molecular complexity index is 1510. The molecule has 7 rings (SSSR count). The lowest BCUT2D eigenvalue weighted by molar-refractivity contribution is 0.115. The zero-order valence-electron chi connectivity index (χ0n) is 19.2. The highest BCUT2D eigenvalue weighted by atomic mass is 32.2. The van der Waals surface area contributed by atoms with E-state index in [-0.39, 0.29) is 22.5 Å². The van der Waals surface area contributed by atoms with Crippen LogP contribution in [0.1, 0.15) is 32.1 Å². The summed E-state index contributed by atoms with van der Waals surface area (Å²) in [5.41, 5.74) is 2.94. The molecule has 34 heavy (non-hydrogen) atoms. The number of sulfone groups is 1. The zero-order chi connectivity index (χ0) is 23.8. The van der Waals surface area contributed by atoms with E-state index in [0.29, 0.717) is 34.4 Å². The number of rotatable bonds is 4. The zero-order valence-corrected chi connectivity index (χ0v) is 20.1. The SMILES string of the molecule is Cn1cc(-c2cc(S(C)(=O)=O)ccc2OC2CC3CC4=C(O)C(C3)CC2C4)c2cc[nH]c2c1=O. The molecule has 4 unspecified atom stereocenters. The average molecular weight is 481 g/mol. The molecule has 8 heteroatoms. The molecule has 4 atom stereocenters. The van der Waals surface area contributed by atoms with Gasteiger partial charge in [-0.3, -0.25) is 4.79 Å². The van der Waals surface area contributed by atoms with Gasteiger partial charge in [0.15, 0.2) is 9.84 Å². The van der Waals surface area contributed by atoms with Crippen molar-refractivity contribution in [2.45, 2.75) is 43.1 Å². The number of allylic oxidation sites excluding steroid dienone is 2. The van der Waals surface area contributed by atoms with Gasteiger partial charge < -0.3 is 19.4 Å². The van der Waals surface area contributed by atoms with Gasteiger partial charge in [-0.2, -0.15) is 0 Å². The first-order chi connectivity index (χ1) is 16.2. The number of aliphatic hydroxyl groups is 1. The molecule has 7 nitrogen and oxygen atoms in total. The Hall–Kier alpha value is -3.00. The molecule has 2 heterocycles. The Kier molecular flexibility index (Phi) is 4.75. The van der Waals surface area contributed by atoms with Crippen LogP contribution in [0.25, 0.3) is 22.0 Å². The standard InChI is InChI=1S/C26H28N2O5S/c1-28-13-21(19-5-6-27-24(19)26(28)30)20-12-18(34(2,31)32)3-4-22(20)33-23-9-14-7-16-10-15(23)11-17(8-14)25(16)29/h3-6,12-16,23,27,29H,7-11H2,1-2H3. The Morgan fingerprint density at radius 3 is 2.71 bits per heavy atom. The van der Waals surface area contributed by atoms with Crippen molar-refractivity contribution >= 4 is 20.7 Å². The van der Waals surface area contributed by atoms with Crippen molar-refractivity contribution in [2.75, 3.05) is 6.26 Å². The van der Waals surface area contributed by atoms with Crippen LogP contribution in [0.5, 0.6) is 5.75 Å². The van der Waals surface area contributed by atoms with Crippen LogP contribution in [0.4, 0.5) is 0 Å². The van der Waals surface area contributed by atoms with Gasteiger partial charge in [0, 0.05) is 54.0 Å². The maximum absolute atomic E-state index is 12.6. The molecule has 4 bridgehead atoms. The number of hydrogen-bond donors (Lipinski definition) is 2. The number of aromatic amines is 1. The second kappa shape index (κ2) is 7.50. The van der Waals surface area contributed by atoms with E-state index in [1.807, 2.05) is 6.07 Å². The number of ether oxygens (including phenoxy) is 1. The predicted octanol–water partition coefficient (Wildman–Crippen LogP) is 4.34. The van der Waals surface area contributed by atoms with E-state index in [2.05, 4.69) is 4.98 Å². The van der Waals surface area contributed by atoms with Crippen molar-refractivity contribution in [1.29, 1.82) is 0 Å². The monoisotopic (exact) mass is 480 g/mol. The van der Waals surface area contributed by atoms with Crippen molar-refractivity contribution < 1.29 is 18.3 Å². The van der Waals surface area contributed by atoms with E-state index < -0.39 is 9.84 Å². The smallest absolute Gasteiger partial charge is 0.274 e. The van der Waals surface area contributed by atoms with Crippen molar-refractivity contribution in [1.82, 2.24) is 9.55 Å². The number of pyridine rings is 1. The first-order valence-corrected chi connectivity index (χ1v) is 13.7. The summed E-state index contributed by atoms with van der Waals surface area (Å²) in [7, 11) is -1.75. The number of nitrogens with one attached hydrogen (secondary N) is 1. The van der Waals surface area contributed by atoms with Gasteiger partial charge in [0.1, 0.15) is 17.4 Å². The highest BCUT2D eigenvalue weighted by Crippen LogP contribution is 2.51. The van der Waals surface area contributed by atoms with E-state index in [4.69, 9.17) is 4.74 Å². The molecule has 0 aliphatic heterocycles.